The van der Waals surface area contributed by atoms with E-state index >= 15 is 0 Å². The van der Waals surface area contributed by atoms with Crippen molar-refractivity contribution in [1.82, 2.24) is 15.0 Å². The van der Waals surface area contributed by atoms with E-state index in [1.54, 1.807) is 24.1 Å². The van der Waals surface area contributed by atoms with Crippen molar-refractivity contribution in [1.29, 1.82) is 0 Å². The number of aliphatic hydroxyl groups is 1. The first-order chi connectivity index (χ1) is 14.5. The number of furan rings is 1. The molecule has 2 saturated heterocycles. The van der Waals surface area contributed by atoms with Crippen LogP contribution in [0.25, 0.3) is 5.69 Å². The molecule has 2 bridgehead atoms. The van der Waals surface area contributed by atoms with Gasteiger partial charge in [0.05, 0.1) is 19.1 Å². The van der Waals surface area contributed by atoms with Gasteiger partial charge in [0.15, 0.2) is 17.3 Å². The summed E-state index contributed by atoms with van der Waals surface area (Å²) < 4.78 is 12.5. The Bertz CT molecular complexity index is 1040. The normalized spacial score (nSPS) is 25.5. The Morgan fingerprint density at radius 2 is 1.90 bits per heavy atom. The lowest BCUT2D eigenvalue weighted by atomic mass is 9.84. The number of carbonyl (C=O) groups excluding carboxylic acids is 1. The first-order valence-electron chi connectivity index (χ1n) is 10.2. The third-order valence-electron chi connectivity index (χ3n) is 6.29. The summed E-state index contributed by atoms with van der Waals surface area (Å²) in [5, 5.41) is 19.8. The van der Waals surface area contributed by atoms with Crippen molar-refractivity contribution in [3.05, 3.63) is 54.1 Å². The number of ether oxygens (including phenoxy) is 1. The summed E-state index contributed by atoms with van der Waals surface area (Å²) in [5.74, 6) is 1.92. The van der Waals surface area contributed by atoms with Gasteiger partial charge in [0.1, 0.15) is 17.1 Å². The number of fused-ring (bicyclic) bond motifs is 2. The number of methoxy groups -OCH3 is 1. The Morgan fingerprint density at radius 3 is 2.47 bits per heavy atom. The first kappa shape index (κ1) is 18.9. The van der Waals surface area contributed by atoms with Crippen LogP contribution in [-0.4, -0.2) is 45.1 Å². The second kappa shape index (κ2) is 6.98. The molecule has 2 aliphatic rings. The highest BCUT2D eigenvalue weighted by Crippen LogP contribution is 2.48. The molecular formula is C22H24N4O4. The highest BCUT2D eigenvalue weighted by atomic mass is 16.5. The number of anilines is 1. The van der Waals surface area contributed by atoms with Crippen LogP contribution in [0.15, 0.2) is 47.1 Å². The minimum Gasteiger partial charge on any atom is -0.497 e. The maximum atomic E-state index is 12.4. The molecule has 0 saturated carbocycles. The van der Waals surface area contributed by atoms with Crippen LogP contribution >= 0.6 is 0 Å². The average molecular weight is 408 g/mol. The molecule has 2 fully saturated rings. The fourth-order valence-corrected chi connectivity index (χ4v) is 4.95. The molecule has 1 N–H and O–H groups in total. The van der Waals surface area contributed by atoms with Gasteiger partial charge >= 0.3 is 0 Å². The van der Waals surface area contributed by atoms with Crippen LogP contribution in [0.2, 0.25) is 0 Å². The summed E-state index contributed by atoms with van der Waals surface area (Å²) >= 11 is 0. The summed E-state index contributed by atoms with van der Waals surface area (Å²) in [6, 6.07) is 11.3. The number of carbonyl (C=O) groups is 1. The zero-order chi connectivity index (χ0) is 20.9. The molecule has 1 aromatic carbocycles. The summed E-state index contributed by atoms with van der Waals surface area (Å²) in [7, 11) is 1.62. The van der Waals surface area contributed by atoms with E-state index in [0.717, 1.165) is 24.3 Å². The molecular weight excluding hydrogens is 384 g/mol. The number of hydrogen-bond acceptors (Lipinski definition) is 7. The Labute approximate surface area is 174 Å². The van der Waals surface area contributed by atoms with Gasteiger partial charge in [-0.1, -0.05) is 5.21 Å². The van der Waals surface area contributed by atoms with Crippen molar-refractivity contribution in [2.75, 3.05) is 12.0 Å². The number of rotatable bonds is 5. The standard InChI is InChI=1S/C22H24N4O4/c1-14(27)20-21(26(24-23-20)15-7-9-18(29-2)10-8-15)25-16-5-6-17(25)13-22(28,12-16)19-4-3-11-30-19/h3-4,7-11,16-17,28H,5-6,12-13H2,1-2H3. The molecule has 2 atom stereocenters. The number of aromatic nitrogens is 3. The molecule has 30 heavy (non-hydrogen) atoms. The van der Waals surface area contributed by atoms with Crippen LogP contribution in [0.5, 0.6) is 5.75 Å². The summed E-state index contributed by atoms with van der Waals surface area (Å²) in [5.41, 5.74) is 0.156. The minimum absolute atomic E-state index is 0.0625. The lowest BCUT2D eigenvalue weighted by Gasteiger charge is -2.43. The molecule has 156 valence electrons. The fraction of sp³-hybridized carbons (Fsp3) is 0.409. The van der Waals surface area contributed by atoms with E-state index in [1.807, 2.05) is 30.3 Å². The lowest BCUT2D eigenvalue weighted by Crippen LogP contribution is -2.50. The number of ketones is 1. The monoisotopic (exact) mass is 408 g/mol. The van der Waals surface area contributed by atoms with Gasteiger partial charge in [-0.05, 0) is 49.2 Å². The zero-order valence-corrected chi connectivity index (χ0v) is 17.0. The van der Waals surface area contributed by atoms with Crippen molar-refractivity contribution in [2.24, 2.45) is 0 Å². The maximum absolute atomic E-state index is 12.4. The smallest absolute Gasteiger partial charge is 0.183 e. The Morgan fingerprint density at radius 1 is 1.20 bits per heavy atom. The van der Waals surface area contributed by atoms with Gasteiger partial charge in [-0.2, -0.15) is 4.68 Å². The van der Waals surface area contributed by atoms with Crippen molar-refractivity contribution in [3.63, 3.8) is 0 Å². The van der Waals surface area contributed by atoms with E-state index in [9.17, 15) is 9.90 Å². The van der Waals surface area contributed by atoms with Gasteiger partial charge in [-0.25, -0.2) is 0 Å². The van der Waals surface area contributed by atoms with E-state index < -0.39 is 5.60 Å². The van der Waals surface area contributed by atoms with Crippen molar-refractivity contribution in [3.8, 4) is 11.4 Å². The molecule has 0 amide bonds. The van der Waals surface area contributed by atoms with Gasteiger partial charge < -0.3 is 19.2 Å². The number of nitrogens with zero attached hydrogens (tertiary/aromatic N) is 4. The third-order valence-corrected chi connectivity index (χ3v) is 6.29. The molecule has 8 heteroatoms. The molecule has 2 aromatic heterocycles. The van der Waals surface area contributed by atoms with Gasteiger partial charge in [-0.15, -0.1) is 5.10 Å². The molecule has 2 unspecified atom stereocenters. The largest absolute Gasteiger partial charge is 0.497 e. The van der Waals surface area contributed by atoms with E-state index in [2.05, 4.69) is 15.2 Å². The second-order valence-corrected chi connectivity index (χ2v) is 8.14. The summed E-state index contributed by atoms with van der Waals surface area (Å²) in [6.45, 7) is 1.51. The molecule has 5 rings (SSSR count). The van der Waals surface area contributed by atoms with Gasteiger partial charge in [0, 0.05) is 31.8 Å². The zero-order valence-electron chi connectivity index (χ0n) is 17.0. The van der Waals surface area contributed by atoms with Crippen LogP contribution in [-0.2, 0) is 5.60 Å². The predicted octanol–water partition coefficient (Wildman–Crippen LogP) is 3.09. The average Bonchev–Trinajstić information content (AvgIpc) is 3.46. The quantitative estimate of drug-likeness (QED) is 0.649. The Kier molecular flexibility index (Phi) is 4.39. The minimum atomic E-state index is -0.999. The molecule has 0 spiro atoms. The Balaban J connectivity index is 1.55. The van der Waals surface area contributed by atoms with Gasteiger partial charge in [0.25, 0.3) is 0 Å². The molecule has 3 aromatic rings. The molecule has 0 radical (unpaired) electrons. The highest BCUT2D eigenvalue weighted by molar-refractivity contribution is 5.97. The van der Waals surface area contributed by atoms with E-state index in [0.29, 0.717) is 30.1 Å². The second-order valence-electron chi connectivity index (χ2n) is 8.14. The van der Waals surface area contributed by atoms with Crippen molar-refractivity contribution >= 4 is 11.6 Å². The molecule has 0 aliphatic carbocycles. The number of Topliss-reactive ketones (excluding diaryl/α,β-unsaturated/α-hetero) is 1. The molecule has 8 nitrogen and oxygen atoms in total. The van der Waals surface area contributed by atoms with Crippen LogP contribution in [0.4, 0.5) is 5.82 Å². The van der Waals surface area contributed by atoms with Crippen LogP contribution < -0.4 is 9.64 Å². The molecule has 2 aliphatic heterocycles. The third kappa shape index (κ3) is 2.90. The number of benzene rings is 1. The number of piperidine rings is 1. The van der Waals surface area contributed by atoms with Gasteiger partial charge in [-0.3, -0.25) is 4.79 Å². The first-order valence-corrected chi connectivity index (χ1v) is 10.2. The van der Waals surface area contributed by atoms with Crippen LogP contribution in [0.3, 0.4) is 0 Å². The molecule has 4 heterocycles. The van der Waals surface area contributed by atoms with E-state index in [1.165, 1.54) is 6.92 Å². The van der Waals surface area contributed by atoms with E-state index in [4.69, 9.17) is 9.15 Å². The maximum Gasteiger partial charge on any atom is 0.183 e. The summed E-state index contributed by atoms with van der Waals surface area (Å²) in [4.78, 5) is 14.6. The summed E-state index contributed by atoms with van der Waals surface area (Å²) in [6.07, 6.45) is 4.51. The predicted molar refractivity (Wildman–Crippen MR) is 109 cm³/mol. The number of hydrogen-bond donors (Lipinski definition) is 1. The highest BCUT2D eigenvalue weighted by Gasteiger charge is 2.51. The lowest BCUT2D eigenvalue weighted by molar-refractivity contribution is -0.0222. The van der Waals surface area contributed by atoms with Crippen molar-refractivity contribution < 1.29 is 19.1 Å². The fourth-order valence-electron chi connectivity index (χ4n) is 4.95. The Hall–Kier alpha value is -3.13. The van der Waals surface area contributed by atoms with Crippen LogP contribution in [0.1, 0.15) is 48.9 Å². The van der Waals surface area contributed by atoms with Crippen molar-refractivity contribution in [2.45, 2.75) is 50.3 Å². The SMILES string of the molecule is COc1ccc(-n2nnc(C(C)=O)c2N2C3CCC2CC(O)(c2ccco2)C3)cc1. The van der Waals surface area contributed by atoms with Crippen LogP contribution in [0, 0.1) is 0 Å². The van der Waals surface area contributed by atoms with E-state index in [-0.39, 0.29) is 17.9 Å². The van der Waals surface area contributed by atoms with Gasteiger partial charge in [0.2, 0.25) is 0 Å². The topological polar surface area (TPSA) is 93.6 Å².